The van der Waals surface area contributed by atoms with Gasteiger partial charge in [-0.05, 0) is 18.9 Å². The zero-order chi connectivity index (χ0) is 15.2. The van der Waals surface area contributed by atoms with E-state index in [-0.39, 0.29) is 6.42 Å². The molecule has 1 aromatic rings. The number of carbonyl (C=O) groups is 1. The first-order chi connectivity index (χ1) is 9.28. The van der Waals surface area contributed by atoms with Crippen LogP contribution in [-0.2, 0) is 4.79 Å². The zero-order valence-electron chi connectivity index (χ0n) is 11.2. The highest BCUT2D eigenvalue weighted by Crippen LogP contribution is 2.21. The number of nitrogens with one attached hydrogen (secondary N) is 1. The van der Waals surface area contributed by atoms with E-state index >= 15 is 0 Å². The highest BCUT2D eigenvalue weighted by molar-refractivity contribution is 5.76. The van der Waals surface area contributed by atoms with Gasteiger partial charge in [-0.3, -0.25) is 4.79 Å². The van der Waals surface area contributed by atoms with E-state index in [1.54, 1.807) is 31.2 Å². The van der Waals surface area contributed by atoms with Crippen LogP contribution in [0.5, 0.6) is 0 Å². The Kier molecular flexibility index (Phi) is 6.01. The maximum Gasteiger partial charge on any atom is 0.389 e. The monoisotopic (exact) mass is 289 g/mol. The Balaban J connectivity index is 2.36. The maximum atomic E-state index is 12.0. The van der Waals surface area contributed by atoms with Crippen LogP contribution in [0.1, 0.15) is 37.9 Å². The standard InChI is InChI=1S/C14H18F3NO2/c1-10(18-13(20)7-8-14(15,16)17)9-12(19)11-5-3-2-4-6-11/h2-6,10,12,19H,7-9H2,1H3,(H,18,20). The molecule has 1 rings (SSSR count). The van der Waals surface area contributed by atoms with Crippen molar-refractivity contribution in [3.63, 3.8) is 0 Å². The quantitative estimate of drug-likeness (QED) is 0.846. The van der Waals surface area contributed by atoms with E-state index in [9.17, 15) is 23.1 Å². The van der Waals surface area contributed by atoms with Crippen molar-refractivity contribution < 1.29 is 23.1 Å². The van der Waals surface area contributed by atoms with E-state index in [2.05, 4.69) is 5.32 Å². The van der Waals surface area contributed by atoms with Crippen LogP contribution in [0.4, 0.5) is 13.2 Å². The van der Waals surface area contributed by atoms with E-state index < -0.39 is 37.1 Å². The summed E-state index contributed by atoms with van der Waals surface area (Å²) in [6.07, 6.45) is -6.55. The van der Waals surface area contributed by atoms with Gasteiger partial charge in [0.1, 0.15) is 0 Å². The van der Waals surface area contributed by atoms with Crippen LogP contribution in [0.15, 0.2) is 30.3 Å². The fourth-order valence-electron chi connectivity index (χ4n) is 1.81. The molecule has 0 fully saturated rings. The summed E-state index contributed by atoms with van der Waals surface area (Å²) < 4.78 is 35.9. The summed E-state index contributed by atoms with van der Waals surface area (Å²) in [7, 11) is 0. The number of hydrogen-bond acceptors (Lipinski definition) is 2. The molecule has 2 unspecified atom stereocenters. The van der Waals surface area contributed by atoms with Crippen molar-refractivity contribution in [1.82, 2.24) is 5.32 Å². The Hall–Kier alpha value is -1.56. The van der Waals surface area contributed by atoms with Crippen molar-refractivity contribution in [3.05, 3.63) is 35.9 Å². The van der Waals surface area contributed by atoms with Gasteiger partial charge in [-0.15, -0.1) is 0 Å². The minimum atomic E-state index is -4.33. The molecular weight excluding hydrogens is 271 g/mol. The lowest BCUT2D eigenvalue weighted by Gasteiger charge is -2.18. The van der Waals surface area contributed by atoms with Crippen molar-refractivity contribution in [2.45, 2.75) is 44.5 Å². The Labute approximate surface area is 115 Å². The van der Waals surface area contributed by atoms with Gasteiger partial charge >= 0.3 is 6.18 Å². The van der Waals surface area contributed by atoms with Gasteiger partial charge in [0, 0.05) is 12.5 Å². The van der Waals surface area contributed by atoms with Crippen molar-refractivity contribution in [3.8, 4) is 0 Å². The number of halogens is 3. The Morgan fingerprint density at radius 3 is 2.45 bits per heavy atom. The molecule has 2 N–H and O–H groups in total. The lowest BCUT2D eigenvalue weighted by Crippen LogP contribution is -2.34. The van der Waals surface area contributed by atoms with E-state index in [4.69, 9.17) is 0 Å². The molecule has 0 bridgehead atoms. The Morgan fingerprint density at radius 2 is 1.90 bits per heavy atom. The van der Waals surface area contributed by atoms with Crippen LogP contribution in [0.3, 0.4) is 0 Å². The number of hydrogen-bond donors (Lipinski definition) is 2. The SMILES string of the molecule is CC(CC(O)c1ccccc1)NC(=O)CCC(F)(F)F. The molecule has 6 heteroatoms. The van der Waals surface area contributed by atoms with E-state index in [0.29, 0.717) is 5.56 Å². The number of alkyl halides is 3. The fourth-order valence-corrected chi connectivity index (χ4v) is 1.81. The maximum absolute atomic E-state index is 12.0. The third kappa shape index (κ3) is 6.56. The average molecular weight is 289 g/mol. The molecular formula is C14H18F3NO2. The van der Waals surface area contributed by atoms with E-state index in [0.717, 1.165) is 0 Å². The summed E-state index contributed by atoms with van der Waals surface area (Å²) in [5.74, 6) is -0.657. The second kappa shape index (κ2) is 7.28. The number of aliphatic hydroxyl groups excluding tert-OH is 1. The molecule has 0 aliphatic rings. The molecule has 0 radical (unpaired) electrons. The molecule has 0 heterocycles. The predicted octanol–water partition coefficient (Wildman–Crippen LogP) is 2.96. The molecule has 0 spiro atoms. The van der Waals surface area contributed by atoms with Gasteiger partial charge in [-0.2, -0.15) is 13.2 Å². The number of amides is 1. The summed E-state index contributed by atoms with van der Waals surface area (Å²) in [6, 6.07) is 8.49. The molecule has 0 aliphatic carbocycles. The first-order valence-corrected chi connectivity index (χ1v) is 6.37. The van der Waals surface area contributed by atoms with Crippen molar-refractivity contribution in [2.75, 3.05) is 0 Å². The highest BCUT2D eigenvalue weighted by Gasteiger charge is 2.28. The first-order valence-electron chi connectivity index (χ1n) is 6.37. The van der Waals surface area contributed by atoms with Crippen LogP contribution in [0.25, 0.3) is 0 Å². The van der Waals surface area contributed by atoms with Crippen molar-refractivity contribution >= 4 is 5.91 Å². The Bertz CT molecular complexity index is 420. The molecule has 0 saturated heterocycles. The second-order valence-electron chi connectivity index (χ2n) is 4.75. The molecule has 3 nitrogen and oxygen atoms in total. The van der Waals surface area contributed by atoms with Gasteiger partial charge in [-0.1, -0.05) is 30.3 Å². The van der Waals surface area contributed by atoms with E-state index in [1.165, 1.54) is 0 Å². The van der Waals surface area contributed by atoms with Crippen LogP contribution in [0, 0.1) is 0 Å². The zero-order valence-corrected chi connectivity index (χ0v) is 11.2. The molecule has 2 atom stereocenters. The first kappa shape index (κ1) is 16.5. The fraction of sp³-hybridized carbons (Fsp3) is 0.500. The molecule has 1 amide bonds. The highest BCUT2D eigenvalue weighted by atomic mass is 19.4. The lowest BCUT2D eigenvalue weighted by molar-refractivity contribution is -0.144. The summed E-state index contributed by atoms with van der Waals surface area (Å²) in [4.78, 5) is 11.3. The average Bonchev–Trinajstić information content (AvgIpc) is 2.36. The van der Waals surface area contributed by atoms with Gasteiger partial charge < -0.3 is 10.4 Å². The van der Waals surface area contributed by atoms with Gasteiger partial charge in [0.25, 0.3) is 0 Å². The summed E-state index contributed by atoms with van der Waals surface area (Å²) >= 11 is 0. The lowest BCUT2D eigenvalue weighted by atomic mass is 10.0. The van der Waals surface area contributed by atoms with Crippen LogP contribution in [-0.4, -0.2) is 23.2 Å². The smallest absolute Gasteiger partial charge is 0.388 e. The molecule has 0 aromatic heterocycles. The topological polar surface area (TPSA) is 49.3 Å². The largest absolute Gasteiger partial charge is 0.389 e. The van der Waals surface area contributed by atoms with Crippen LogP contribution in [0.2, 0.25) is 0 Å². The Morgan fingerprint density at radius 1 is 1.30 bits per heavy atom. The van der Waals surface area contributed by atoms with Gasteiger partial charge in [-0.25, -0.2) is 0 Å². The summed E-state index contributed by atoms with van der Waals surface area (Å²) in [6.45, 7) is 1.65. The molecule has 112 valence electrons. The van der Waals surface area contributed by atoms with Gasteiger partial charge in [0.15, 0.2) is 0 Å². The summed E-state index contributed by atoms with van der Waals surface area (Å²) in [5.41, 5.74) is 0.712. The van der Waals surface area contributed by atoms with Gasteiger partial charge in [0.2, 0.25) is 5.91 Å². The number of aliphatic hydroxyl groups is 1. The summed E-state index contributed by atoms with van der Waals surface area (Å²) in [5, 5.41) is 12.4. The van der Waals surface area contributed by atoms with E-state index in [1.807, 2.05) is 6.07 Å². The van der Waals surface area contributed by atoms with Crippen LogP contribution < -0.4 is 5.32 Å². The van der Waals surface area contributed by atoms with Crippen LogP contribution >= 0.6 is 0 Å². The molecule has 20 heavy (non-hydrogen) atoms. The number of carbonyl (C=O) groups excluding carboxylic acids is 1. The number of rotatable bonds is 6. The molecule has 0 saturated carbocycles. The third-order valence-corrected chi connectivity index (χ3v) is 2.80. The molecule has 0 aliphatic heterocycles. The predicted molar refractivity (Wildman–Crippen MR) is 68.9 cm³/mol. The number of benzene rings is 1. The minimum absolute atomic E-state index is 0.252. The normalized spacial score (nSPS) is 14.7. The van der Waals surface area contributed by atoms with Crippen molar-refractivity contribution in [2.24, 2.45) is 0 Å². The molecule has 1 aromatic carbocycles. The third-order valence-electron chi connectivity index (χ3n) is 2.80. The second-order valence-corrected chi connectivity index (χ2v) is 4.75. The van der Waals surface area contributed by atoms with Gasteiger partial charge in [0.05, 0.1) is 12.5 Å². The van der Waals surface area contributed by atoms with Crippen molar-refractivity contribution in [1.29, 1.82) is 0 Å². The minimum Gasteiger partial charge on any atom is -0.388 e.